The predicted octanol–water partition coefficient (Wildman–Crippen LogP) is 3.80. The molecule has 0 aliphatic heterocycles. The number of nitrogens with zero attached hydrogens (tertiary/aromatic N) is 1. The van der Waals surface area contributed by atoms with Crippen molar-refractivity contribution in [2.45, 2.75) is 12.8 Å². The van der Waals surface area contributed by atoms with Gasteiger partial charge in [-0.25, -0.2) is 5.43 Å². The number of anilines is 1. The first-order valence-electron chi connectivity index (χ1n) is 7.63. The Bertz CT molecular complexity index is 687. The van der Waals surface area contributed by atoms with E-state index < -0.39 is 0 Å². The summed E-state index contributed by atoms with van der Waals surface area (Å²) in [6, 6.07) is 15.4. The summed E-state index contributed by atoms with van der Waals surface area (Å²) in [5.41, 5.74) is 4.46. The van der Waals surface area contributed by atoms with Crippen LogP contribution in [0.1, 0.15) is 18.4 Å². The molecule has 0 fully saturated rings. The summed E-state index contributed by atoms with van der Waals surface area (Å²) in [5, 5.41) is 7.22. The standard InChI is InChI=1S/C18H20BrN3O2/c1-24-17-9-7-16(8-10-17)20-11-3-6-18(23)22-21-13-14-4-2-5-15(19)12-14/h2,4-5,7-10,12-13,20H,3,6,11H2,1H3,(H,22,23)/b21-13+. The van der Waals surface area contributed by atoms with Crippen LogP contribution in [0.25, 0.3) is 0 Å². The molecule has 0 aliphatic rings. The van der Waals surface area contributed by atoms with Gasteiger partial charge in [0.1, 0.15) is 5.75 Å². The predicted molar refractivity (Wildman–Crippen MR) is 101 cm³/mol. The van der Waals surface area contributed by atoms with Gasteiger partial charge >= 0.3 is 0 Å². The Morgan fingerprint density at radius 2 is 2.04 bits per heavy atom. The van der Waals surface area contributed by atoms with Gasteiger partial charge in [-0.2, -0.15) is 5.10 Å². The molecule has 24 heavy (non-hydrogen) atoms. The molecule has 2 rings (SSSR count). The molecule has 0 radical (unpaired) electrons. The summed E-state index contributed by atoms with van der Waals surface area (Å²) >= 11 is 3.39. The van der Waals surface area contributed by atoms with Crippen LogP contribution in [0.2, 0.25) is 0 Å². The third-order valence-electron chi connectivity index (χ3n) is 3.25. The first kappa shape index (κ1) is 18.0. The van der Waals surface area contributed by atoms with Crippen molar-refractivity contribution in [2.75, 3.05) is 19.0 Å². The summed E-state index contributed by atoms with van der Waals surface area (Å²) in [6.45, 7) is 0.717. The van der Waals surface area contributed by atoms with E-state index in [1.54, 1.807) is 13.3 Å². The van der Waals surface area contributed by atoms with Crippen LogP contribution in [0.15, 0.2) is 58.1 Å². The van der Waals surface area contributed by atoms with Crippen LogP contribution in [0.5, 0.6) is 5.75 Å². The second-order valence-corrected chi connectivity index (χ2v) is 6.02. The Kier molecular flexibility index (Phi) is 7.29. The van der Waals surface area contributed by atoms with E-state index in [1.807, 2.05) is 48.5 Å². The van der Waals surface area contributed by atoms with Crippen LogP contribution in [0.4, 0.5) is 5.69 Å². The van der Waals surface area contributed by atoms with Gasteiger partial charge in [0, 0.05) is 23.1 Å². The smallest absolute Gasteiger partial charge is 0.240 e. The Balaban J connectivity index is 1.64. The average Bonchev–Trinajstić information content (AvgIpc) is 2.59. The molecule has 0 aromatic heterocycles. The van der Waals surface area contributed by atoms with E-state index in [-0.39, 0.29) is 5.91 Å². The molecule has 1 amide bonds. The van der Waals surface area contributed by atoms with Crippen molar-refractivity contribution in [3.05, 3.63) is 58.6 Å². The molecule has 0 saturated carbocycles. The highest BCUT2D eigenvalue weighted by molar-refractivity contribution is 9.10. The van der Waals surface area contributed by atoms with E-state index >= 15 is 0 Å². The van der Waals surface area contributed by atoms with Gasteiger partial charge in [0.25, 0.3) is 0 Å². The number of carbonyl (C=O) groups excluding carboxylic acids is 1. The highest BCUT2D eigenvalue weighted by Gasteiger charge is 1.99. The molecule has 0 saturated heterocycles. The maximum atomic E-state index is 11.7. The van der Waals surface area contributed by atoms with E-state index in [9.17, 15) is 4.79 Å². The van der Waals surface area contributed by atoms with Gasteiger partial charge in [0.05, 0.1) is 13.3 Å². The first-order chi connectivity index (χ1) is 11.7. The van der Waals surface area contributed by atoms with E-state index in [1.165, 1.54) is 0 Å². The minimum Gasteiger partial charge on any atom is -0.497 e. The maximum Gasteiger partial charge on any atom is 0.240 e. The Labute approximate surface area is 150 Å². The third kappa shape index (κ3) is 6.42. The maximum absolute atomic E-state index is 11.7. The number of hydrogen-bond acceptors (Lipinski definition) is 4. The average molecular weight is 390 g/mol. The highest BCUT2D eigenvalue weighted by Crippen LogP contribution is 2.14. The topological polar surface area (TPSA) is 62.7 Å². The number of amides is 1. The summed E-state index contributed by atoms with van der Waals surface area (Å²) in [6.07, 6.45) is 2.77. The fourth-order valence-corrected chi connectivity index (χ4v) is 2.43. The molecule has 5 nitrogen and oxygen atoms in total. The lowest BCUT2D eigenvalue weighted by molar-refractivity contribution is -0.121. The number of hydrazone groups is 1. The monoisotopic (exact) mass is 389 g/mol. The lowest BCUT2D eigenvalue weighted by Crippen LogP contribution is -2.18. The molecule has 0 aliphatic carbocycles. The van der Waals surface area contributed by atoms with E-state index in [4.69, 9.17) is 4.74 Å². The molecule has 0 atom stereocenters. The number of hydrogen-bond donors (Lipinski definition) is 2. The SMILES string of the molecule is COc1ccc(NCCCC(=O)N/N=C/c2cccc(Br)c2)cc1. The minimum atomic E-state index is -0.0993. The van der Waals surface area contributed by atoms with Crippen molar-refractivity contribution in [1.29, 1.82) is 0 Å². The lowest BCUT2D eigenvalue weighted by atomic mass is 10.2. The molecule has 0 bridgehead atoms. The van der Waals surface area contributed by atoms with Gasteiger partial charge in [-0.1, -0.05) is 28.1 Å². The van der Waals surface area contributed by atoms with Gasteiger partial charge in [0.2, 0.25) is 5.91 Å². The molecule has 2 aromatic rings. The second-order valence-electron chi connectivity index (χ2n) is 5.11. The number of nitrogens with one attached hydrogen (secondary N) is 2. The van der Waals surface area contributed by atoms with Gasteiger partial charge in [0.15, 0.2) is 0 Å². The molecule has 126 valence electrons. The van der Waals surface area contributed by atoms with Crippen molar-refractivity contribution >= 4 is 33.7 Å². The van der Waals surface area contributed by atoms with Crippen LogP contribution in [0, 0.1) is 0 Å². The van der Waals surface area contributed by atoms with Crippen molar-refractivity contribution < 1.29 is 9.53 Å². The molecular formula is C18H20BrN3O2. The first-order valence-corrected chi connectivity index (χ1v) is 8.42. The molecule has 0 heterocycles. The number of benzene rings is 2. The fourth-order valence-electron chi connectivity index (χ4n) is 2.01. The van der Waals surface area contributed by atoms with E-state index in [0.717, 1.165) is 34.4 Å². The Morgan fingerprint density at radius 3 is 2.75 bits per heavy atom. The number of carbonyl (C=O) groups is 1. The van der Waals surface area contributed by atoms with Crippen LogP contribution in [-0.2, 0) is 4.79 Å². The van der Waals surface area contributed by atoms with Crippen LogP contribution >= 0.6 is 15.9 Å². The van der Waals surface area contributed by atoms with Gasteiger partial charge in [-0.05, 0) is 48.4 Å². The highest BCUT2D eigenvalue weighted by atomic mass is 79.9. The second kappa shape index (κ2) is 9.72. The lowest BCUT2D eigenvalue weighted by Gasteiger charge is -2.06. The van der Waals surface area contributed by atoms with Crippen molar-refractivity contribution in [1.82, 2.24) is 5.43 Å². The molecule has 2 aromatic carbocycles. The minimum absolute atomic E-state index is 0.0993. The van der Waals surface area contributed by atoms with Gasteiger partial charge < -0.3 is 10.1 Å². The number of halogens is 1. The summed E-state index contributed by atoms with van der Waals surface area (Å²) < 4.78 is 6.08. The molecular weight excluding hydrogens is 370 g/mol. The molecule has 0 spiro atoms. The third-order valence-corrected chi connectivity index (χ3v) is 3.74. The molecule has 2 N–H and O–H groups in total. The number of methoxy groups -OCH3 is 1. The summed E-state index contributed by atoms with van der Waals surface area (Å²) in [5.74, 6) is 0.723. The molecule has 0 unspecified atom stereocenters. The van der Waals surface area contributed by atoms with Crippen molar-refractivity contribution in [3.63, 3.8) is 0 Å². The Morgan fingerprint density at radius 1 is 1.25 bits per heavy atom. The quantitative estimate of drug-likeness (QED) is 0.410. The van der Waals surface area contributed by atoms with Crippen LogP contribution < -0.4 is 15.5 Å². The van der Waals surface area contributed by atoms with E-state index in [0.29, 0.717) is 6.42 Å². The molecule has 6 heteroatoms. The summed E-state index contributed by atoms with van der Waals surface area (Å²) in [7, 11) is 1.64. The zero-order chi connectivity index (χ0) is 17.2. The normalized spacial score (nSPS) is 10.6. The van der Waals surface area contributed by atoms with E-state index in [2.05, 4.69) is 31.8 Å². The van der Waals surface area contributed by atoms with Crippen LogP contribution in [0.3, 0.4) is 0 Å². The zero-order valence-corrected chi connectivity index (χ0v) is 15.0. The fraction of sp³-hybridized carbons (Fsp3) is 0.222. The van der Waals surface area contributed by atoms with Crippen LogP contribution in [-0.4, -0.2) is 25.8 Å². The largest absolute Gasteiger partial charge is 0.497 e. The Hall–Kier alpha value is -2.34. The van der Waals surface area contributed by atoms with Crippen molar-refractivity contribution in [3.8, 4) is 5.75 Å². The summed E-state index contributed by atoms with van der Waals surface area (Å²) in [4.78, 5) is 11.7. The van der Waals surface area contributed by atoms with Crippen molar-refractivity contribution in [2.24, 2.45) is 5.10 Å². The van der Waals surface area contributed by atoms with Gasteiger partial charge in [-0.15, -0.1) is 0 Å². The number of rotatable bonds is 8. The van der Waals surface area contributed by atoms with Gasteiger partial charge in [-0.3, -0.25) is 4.79 Å². The number of ether oxygens (including phenoxy) is 1. The zero-order valence-electron chi connectivity index (χ0n) is 13.5.